The first-order valence-corrected chi connectivity index (χ1v) is 15.3. The maximum atomic E-state index is 12.6. The number of carbonyl (C=O) groups is 1. The fourth-order valence-corrected chi connectivity index (χ4v) is 6.08. The van der Waals surface area contributed by atoms with E-state index in [1.165, 1.54) is 37.7 Å². The van der Waals surface area contributed by atoms with Crippen molar-refractivity contribution >= 4 is 32.5 Å². The molecule has 0 aromatic carbocycles. The lowest BCUT2D eigenvalue weighted by molar-refractivity contribution is 0.0950. The van der Waals surface area contributed by atoms with Crippen molar-refractivity contribution in [2.75, 3.05) is 37.3 Å². The topological polar surface area (TPSA) is 130 Å². The number of rotatable bonds is 6. The van der Waals surface area contributed by atoms with Crippen molar-refractivity contribution in [1.29, 1.82) is 0 Å². The normalized spacial score (nSPS) is 16.9. The molecule has 0 radical (unpaired) electrons. The van der Waals surface area contributed by atoms with Crippen LogP contribution in [0.4, 0.5) is 5.82 Å². The molecule has 4 aromatic heterocycles. The van der Waals surface area contributed by atoms with Gasteiger partial charge in [-0.05, 0) is 67.6 Å². The van der Waals surface area contributed by atoms with E-state index in [1.54, 1.807) is 6.20 Å². The van der Waals surface area contributed by atoms with Crippen molar-refractivity contribution in [3.63, 3.8) is 0 Å². The van der Waals surface area contributed by atoms with E-state index in [-0.39, 0.29) is 17.0 Å². The number of carbonyl (C=O) groups excluding carboxylic acids is 1. The minimum Gasteiger partial charge on any atom is -0.357 e. The summed E-state index contributed by atoms with van der Waals surface area (Å²) in [4.78, 5) is 33.1. The molecule has 0 atom stereocenters. The fourth-order valence-electron chi connectivity index (χ4n) is 5.49. The van der Waals surface area contributed by atoms with Gasteiger partial charge in [-0.3, -0.25) is 14.8 Å². The molecule has 6 rings (SSSR count). The lowest BCUT2D eigenvalue weighted by atomic mass is 9.78. The average molecular weight is 558 g/mol. The summed E-state index contributed by atoms with van der Waals surface area (Å²) < 4.78 is 23.6. The van der Waals surface area contributed by atoms with Crippen molar-refractivity contribution in [2.45, 2.75) is 30.7 Å². The van der Waals surface area contributed by atoms with Gasteiger partial charge in [0.25, 0.3) is 5.91 Å². The van der Waals surface area contributed by atoms with E-state index >= 15 is 0 Å². The van der Waals surface area contributed by atoms with Crippen LogP contribution >= 0.6 is 0 Å². The number of nitrogens with one attached hydrogen (secondary N) is 2. The summed E-state index contributed by atoms with van der Waals surface area (Å²) in [7, 11) is -3.46. The number of hydrogen-bond donors (Lipinski definition) is 2. The summed E-state index contributed by atoms with van der Waals surface area (Å²) in [5.74, 6) is 0.545. The number of nitrogens with zero attached hydrogens (tertiary/aromatic N) is 5. The Hall–Kier alpha value is -3.96. The van der Waals surface area contributed by atoms with Crippen molar-refractivity contribution in [1.82, 2.24) is 30.6 Å². The molecule has 40 heavy (non-hydrogen) atoms. The highest BCUT2D eigenvalue weighted by Gasteiger charge is 2.37. The molecule has 0 saturated carbocycles. The summed E-state index contributed by atoms with van der Waals surface area (Å²) in [6, 6.07) is 13.2. The zero-order chi connectivity index (χ0) is 27.7. The van der Waals surface area contributed by atoms with Crippen LogP contribution in [0.25, 0.3) is 22.3 Å². The standard InChI is InChI=1S/C29H31N7O3S/c1-40(38,39)23-13-21(15-31-18-23)28(37)33-17-22-14-26-20(16-32-22)5-6-25(34-26)24-3-2-4-27(35-24)36-11-8-29(9-12-36)7-10-30-19-29/h2-6,13-16,18,30H,7-12,17,19H2,1H3,(H,33,37). The first kappa shape index (κ1) is 26.3. The smallest absolute Gasteiger partial charge is 0.253 e. The summed E-state index contributed by atoms with van der Waals surface area (Å²) in [5.41, 5.74) is 3.58. The molecule has 1 amide bonds. The van der Waals surface area contributed by atoms with Crippen LogP contribution in [0.1, 0.15) is 35.3 Å². The van der Waals surface area contributed by atoms with Gasteiger partial charge in [0.2, 0.25) is 0 Å². The molecular formula is C29H31N7O3S. The van der Waals surface area contributed by atoms with Crippen LogP contribution in [0.2, 0.25) is 0 Å². The summed E-state index contributed by atoms with van der Waals surface area (Å²) in [6.07, 6.45) is 9.00. The highest BCUT2D eigenvalue weighted by Crippen LogP contribution is 2.38. The Labute approximate surface area is 233 Å². The molecule has 6 heterocycles. The third kappa shape index (κ3) is 5.52. The monoisotopic (exact) mass is 557 g/mol. The molecule has 1 spiro atoms. The number of piperidine rings is 1. The van der Waals surface area contributed by atoms with Crippen LogP contribution in [0.5, 0.6) is 0 Å². The van der Waals surface area contributed by atoms with Gasteiger partial charge in [-0.2, -0.15) is 0 Å². The van der Waals surface area contributed by atoms with E-state index in [0.717, 1.165) is 60.5 Å². The second kappa shape index (κ2) is 10.5. The van der Waals surface area contributed by atoms with Gasteiger partial charge in [-0.1, -0.05) is 6.07 Å². The molecule has 2 saturated heterocycles. The third-order valence-corrected chi connectivity index (χ3v) is 9.02. The Balaban J connectivity index is 1.16. The Morgan fingerprint density at radius 2 is 1.85 bits per heavy atom. The Bertz CT molecular complexity index is 1680. The predicted molar refractivity (Wildman–Crippen MR) is 153 cm³/mol. The quantitative estimate of drug-likeness (QED) is 0.367. The van der Waals surface area contributed by atoms with E-state index in [1.807, 2.05) is 30.3 Å². The maximum absolute atomic E-state index is 12.6. The van der Waals surface area contributed by atoms with Crippen molar-refractivity contribution in [3.8, 4) is 11.4 Å². The van der Waals surface area contributed by atoms with Gasteiger partial charge in [0, 0.05) is 49.9 Å². The van der Waals surface area contributed by atoms with Crippen LogP contribution < -0.4 is 15.5 Å². The van der Waals surface area contributed by atoms with E-state index in [4.69, 9.17) is 9.97 Å². The number of hydrogen-bond acceptors (Lipinski definition) is 9. The molecule has 2 fully saturated rings. The van der Waals surface area contributed by atoms with Gasteiger partial charge in [-0.25, -0.2) is 18.4 Å². The second-order valence-corrected chi connectivity index (χ2v) is 12.7. The van der Waals surface area contributed by atoms with Gasteiger partial charge in [0.15, 0.2) is 9.84 Å². The average Bonchev–Trinajstić information content (AvgIpc) is 3.43. The summed E-state index contributed by atoms with van der Waals surface area (Å²) in [5, 5.41) is 7.19. The highest BCUT2D eigenvalue weighted by molar-refractivity contribution is 7.90. The molecule has 4 aromatic rings. The van der Waals surface area contributed by atoms with Crippen LogP contribution in [-0.4, -0.2) is 66.7 Å². The van der Waals surface area contributed by atoms with E-state index in [9.17, 15) is 13.2 Å². The number of pyridine rings is 4. The highest BCUT2D eigenvalue weighted by atomic mass is 32.2. The van der Waals surface area contributed by atoms with Gasteiger partial charge < -0.3 is 15.5 Å². The molecule has 0 bridgehead atoms. The fraction of sp³-hybridized carbons (Fsp3) is 0.345. The first-order chi connectivity index (χ1) is 19.3. The van der Waals surface area contributed by atoms with Crippen LogP contribution in [0.3, 0.4) is 0 Å². The number of fused-ring (bicyclic) bond motifs is 1. The van der Waals surface area contributed by atoms with Crippen molar-refractivity contribution < 1.29 is 13.2 Å². The Kier molecular flexibility index (Phi) is 6.93. The number of amides is 1. The molecule has 0 aliphatic carbocycles. The van der Waals surface area contributed by atoms with Crippen LogP contribution in [-0.2, 0) is 16.4 Å². The molecule has 10 nitrogen and oxygen atoms in total. The minimum atomic E-state index is -3.46. The molecule has 0 unspecified atom stereocenters. The molecule has 2 N–H and O–H groups in total. The van der Waals surface area contributed by atoms with Gasteiger partial charge in [0.1, 0.15) is 5.82 Å². The van der Waals surface area contributed by atoms with Crippen molar-refractivity contribution in [2.24, 2.45) is 5.41 Å². The Morgan fingerprint density at radius 1 is 1.02 bits per heavy atom. The van der Waals surface area contributed by atoms with Gasteiger partial charge >= 0.3 is 0 Å². The molecular weight excluding hydrogens is 526 g/mol. The lowest BCUT2D eigenvalue weighted by Crippen LogP contribution is -2.41. The van der Waals surface area contributed by atoms with Crippen molar-refractivity contribution in [3.05, 3.63) is 72.3 Å². The van der Waals surface area contributed by atoms with Crippen LogP contribution in [0.15, 0.2) is 66.0 Å². The largest absolute Gasteiger partial charge is 0.357 e. The SMILES string of the molecule is CS(=O)(=O)c1cncc(C(=O)NCc2cc3nc(-c4cccc(N5CCC6(CCNC6)CC5)n4)ccc3cn2)c1. The van der Waals surface area contributed by atoms with Gasteiger partial charge in [-0.15, -0.1) is 0 Å². The molecule has 2 aliphatic heterocycles. The van der Waals surface area contributed by atoms with Gasteiger partial charge in [0.05, 0.1) is 39.6 Å². The second-order valence-electron chi connectivity index (χ2n) is 10.7. The molecule has 2 aliphatic rings. The van der Waals surface area contributed by atoms with E-state index in [0.29, 0.717) is 11.1 Å². The zero-order valence-corrected chi connectivity index (χ0v) is 23.1. The van der Waals surface area contributed by atoms with Crippen LogP contribution in [0, 0.1) is 5.41 Å². The number of anilines is 1. The summed E-state index contributed by atoms with van der Waals surface area (Å²) in [6.45, 7) is 4.44. The van der Waals surface area contributed by atoms with E-state index < -0.39 is 15.7 Å². The first-order valence-electron chi connectivity index (χ1n) is 13.4. The third-order valence-electron chi connectivity index (χ3n) is 7.94. The lowest BCUT2D eigenvalue weighted by Gasteiger charge is -2.39. The minimum absolute atomic E-state index is 0.00583. The Morgan fingerprint density at radius 3 is 2.62 bits per heavy atom. The van der Waals surface area contributed by atoms with E-state index in [2.05, 4.69) is 31.6 Å². The zero-order valence-electron chi connectivity index (χ0n) is 22.3. The molecule has 206 valence electrons. The number of aromatic nitrogens is 4. The summed E-state index contributed by atoms with van der Waals surface area (Å²) >= 11 is 0. The number of sulfone groups is 1. The maximum Gasteiger partial charge on any atom is 0.253 e. The predicted octanol–water partition coefficient (Wildman–Crippen LogP) is 3.00. The molecule has 11 heteroatoms.